The summed E-state index contributed by atoms with van der Waals surface area (Å²) in [4.78, 5) is 12.2. The predicted octanol–water partition coefficient (Wildman–Crippen LogP) is -2.04. The molecule has 2 rings (SSSR count). The third-order valence-electron chi connectivity index (χ3n) is 3.64. The number of carbonyl (C=O) groups is 1. The van der Waals surface area contributed by atoms with E-state index in [0.29, 0.717) is 13.1 Å². The Balaban J connectivity index is 2.23. The lowest BCUT2D eigenvalue weighted by Crippen LogP contribution is -3.14. The number of carbonyl (C=O) groups excluding carboxylic acids is 1. The minimum atomic E-state index is -3.62. The number of hydrogen-bond acceptors (Lipinski definition) is 4. The summed E-state index contributed by atoms with van der Waals surface area (Å²) in [5.41, 5.74) is -0.121. The van der Waals surface area contributed by atoms with Crippen LogP contribution in [0, 0.1) is 0 Å². The highest BCUT2D eigenvalue weighted by Crippen LogP contribution is 2.16. The van der Waals surface area contributed by atoms with E-state index in [9.17, 15) is 18.3 Å². The van der Waals surface area contributed by atoms with E-state index in [0.717, 1.165) is 25.7 Å². The van der Waals surface area contributed by atoms with Crippen molar-refractivity contribution >= 4 is 16.0 Å². The largest absolute Gasteiger partial charge is 0.545 e. The molecule has 1 aliphatic heterocycles. The predicted molar refractivity (Wildman–Crippen MR) is 70.8 cm³/mol. The molecule has 0 spiro atoms. The number of rotatable bonds is 4. The maximum atomic E-state index is 12.5. The van der Waals surface area contributed by atoms with Crippen LogP contribution in [0.3, 0.4) is 0 Å². The van der Waals surface area contributed by atoms with E-state index < -0.39 is 16.0 Å². The Bertz CT molecular complexity index is 592. The molecular formula is C13H18N2O4S. The van der Waals surface area contributed by atoms with Gasteiger partial charge in [-0.25, -0.2) is 8.42 Å². The second-order valence-corrected chi connectivity index (χ2v) is 6.76. The van der Waals surface area contributed by atoms with Gasteiger partial charge in [0.2, 0.25) is 10.0 Å². The normalized spacial score (nSPS) is 18.1. The fourth-order valence-electron chi connectivity index (χ4n) is 2.33. The molecule has 1 N–H and O–H groups in total. The number of hydrogen-bond donors (Lipinski definition) is 1. The molecule has 1 aromatic rings. The lowest BCUT2D eigenvalue weighted by molar-refractivity contribution is -0.901. The van der Waals surface area contributed by atoms with E-state index in [2.05, 4.69) is 6.92 Å². The van der Waals surface area contributed by atoms with Crippen LogP contribution in [0.25, 0.3) is 0 Å². The second kappa shape index (κ2) is 5.90. The van der Waals surface area contributed by atoms with E-state index in [4.69, 9.17) is 0 Å². The first-order chi connectivity index (χ1) is 9.45. The average molecular weight is 298 g/mol. The van der Waals surface area contributed by atoms with Crippen molar-refractivity contribution in [1.82, 2.24) is 4.31 Å². The van der Waals surface area contributed by atoms with Gasteiger partial charge in [0.15, 0.2) is 0 Å². The molecule has 1 aliphatic rings. The SMILES string of the molecule is CC[NH+]1CCN(S(=O)(=O)c2cccc(C(=O)[O-])c2)CC1. The van der Waals surface area contributed by atoms with E-state index in [1.165, 1.54) is 27.4 Å². The highest BCUT2D eigenvalue weighted by molar-refractivity contribution is 7.89. The van der Waals surface area contributed by atoms with Gasteiger partial charge >= 0.3 is 0 Å². The summed E-state index contributed by atoms with van der Waals surface area (Å²) >= 11 is 0. The van der Waals surface area contributed by atoms with Crippen molar-refractivity contribution in [3.63, 3.8) is 0 Å². The highest BCUT2D eigenvalue weighted by Gasteiger charge is 2.29. The Morgan fingerprint density at radius 3 is 2.55 bits per heavy atom. The van der Waals surface area contributed by atoms with Gasteiger partial charge in [0.25, 0.3) is 0 Å². The maximum Gasteiger partial charge on any atom is 0.243 e. The summed E-state index contributed by atoms with van der Waals surface area (Å²) in [5.74, 6) is -1.37. The highest BCUT2D eigenvalue weighted by atomic mass is 32.2. The van der Waals surface area contributed by atoms with Crippen LogP contribution in [0.4, 0.5) is 0 Å². The number of aromatic carboxylic acids is 1. The summed E-state index contributed by atoms with van der Waals surface area (Å²) in [6.45, 7) is 5.52. The van der Waals surface area contributed by atoms with Crippen molar-refractivity contribution in [3.8, 4) is 0 Å². The van der Waals surface area contributed by atoms with Crippen LogP contribution in [0.15, 0.2) is 29.2 Å². The van der Waals surface area contributed by atoms with Crippen LogP contribution >= 0.6 is 0 Å². The zero-order chi connectivity index (χ0) is 14.8. The summed E-state index contributed by atoms with van der Waals surface area (Å²) in [6.07, 6.45) is 0. The van der Waals surface area contributed by atoms with Crippen LogP contribution in [0.1, 0.15) is 17.3 Å². The van der Waals surface area contributed by atoms with Crippen LogP contribution < -0.4 is 10.0 Å². The number of nitrogens with zero attached hydrogens (tertiary/aromatic N) is 1. The van der Waals surface area contributed by atoms with Gasteiger partial charge in [0, 0.05) is 0 Å². The quantitative estimate of drug-likeness (QED) is 0.694. The van der Waals surface area contributed by atoms with Crippen molar-refractivity contribution in [1.29, 1.82) is 0 Å². The molecule has 1 heterocycles. The molecule has 0 saturated carbocycles. The molecule has 7 heteroatoms. The molecule has 0 amide bonds. The molecular weight excluding hydrogens is 280 g/mol. The first-order valence-electron chi connectivity index (χ1n) is 6.60. The Kier molecular flexibility index (Phi) is 4.42. The number of carboxylic acids is 1. The molecule has 0 bridgehead atoms. The van der Waals surface area contributed by atoms with Gasteiger partial charge in [0.05, 0.1) is 43.6 Å². The number of piperazine rings is 1. The zero-order valence-corrected chi connectivity index (χ0v) is 12.1. The first-order valence-corrected chi connectivity index (χ1v) is 8.04. The van der Waals surface area contributed by atoms with Crippen LogP contribution in [0.2, 0.25) is 0 Å². The number of likely N-dealkylation sites (N-methyl/N-ethyl adjacent to an activating group) is 1. The molecule has 0 aliphatic carbocycles. The van der Waals surface area contributed by atoms with Gasteiger partial charge in [-0.1, -0.05) is 12.1 Å². The Hall–Kier alpha value is -1.44. The van der Waals surface area contributed by atoms with Gasteiger partial charge in [-0.05, 0) is 24.6 Å². The summed E-state index contributed by atoms with van der Waals surface area (Å²) in [5, 5.41) is 10.8. The molecule has 1 fully saturated rings. The van der Waals surface area contributed by atoms with E-state index in [1.54, 1.807) is 0 Å². The van der Waals surface area contributed by atoms with Crippen LogP contribution in [0.5, 0.6) is 0 Å². The maximum absolute atomic E-state index is 12.5. The number of carboxylic acid groups (broad SMARTS) is 1. The molecule has 110 valence electrons. The van der Waals surface area contributed by atoms with Crippen molar-refractivity contribution in [2.45, 2.75) is 11.8 Å². The molecule has 1 saturated heterocycles. The number of benzene rings is 1. The minimum absolute atomic E-state index is 0.0131. The molecule has 0 aromatic heterocycles. The molecule has 6 nitrogen and oxygen atoms in total. The Morgan fingerprint density at radius 2 is 2.00 bits per heavy atom. The average Bonchev–Trinajstić information content (AvgIpc) is 2.47. The molecule has 20 heavy (non-hydrogen) atoms. The van der Waals surface area contributed by atoms with Crippen molar-refractivity contribution in [2.75, 3.05) is 32.7 Å². The van der Waals surface area contributed by atoms with Crippen molar-refractivity contribution in [3.05, 3.63) is 29.8 Å². The summed E-state index contributed by atoms with van der Waals surface area (Å²) in [6, 6.07) is 5.32. The summed E-state index contributed by atoms with van der Waals surface area (Å²) in [7, 11) is -3.62. The Labute approximate surface area is 118 Å². The summed E-state index contributed by atoms with van der Waals surface area (Å²) < 4.78 is 26.3. The van der Waals surface area contributed by atoms with E-state index in [1.807, 2.05) is 0 Å². The number of quaternary nitrogens is 1. The van der Waals surface area contributed by atoms with Gasteiger partial charge in [-0.3, -0.25) is 0 Å². The fourth-order valence-corrected chi connectivity index (χ4v) is 3.82. The van der Waals surface area contributed by atoms with E-state index in [-0.39, 0.29) is 10.5 Å². The third-order valence-corrected chi connectivity index (χ3v) is 5.53. The number of nitrogens with one attached hydrogen (secondary N) is 1. The molecule has 0 unspecified atom stereocenters. The van der Waals surface area contributed by atoms with Gasteiger partial charge < -0.3 is 14.8 Å². The fraction of sp³-hybridized carbons (Fsp3) is 0.462. The first kappa shape index (κ1) is 15.0. The van der Waals surface area contributed by atoms with Crippen LogP contribution in [-0.2, 0) is 10.0 Å². The lowest BCUT2D eigenvalue weighted by Gasteiger charge is -2.30. The van der Waals surface area contributed by atoms with Crippen LogP contribution in [-0.4, -0.2) is 51.4 Å². The lowest BCUT2D eigenvalue weighted by atomic mass is 10.2. The molecule has 0 radical (unpaired) electrons. The Morgan fingerprint density at radius 1 is 1.35 bits per heavy atom. The minimum Gasteiger partial charge on any atom is -0.545 e. The topological polar surface area (TPSA) is 82.0 Å². The second-order valence-electron chi connectivity index (χ2n) is 4.82. The van der Waals surface area contributed by atoms with E-state index >= 15 is 0 Å². The zero-order valence-electron chi connectivity index (χ0n) is 11.3. The molecule has 0 atom stereocenters. The van der Waals surface area contributed by atoms with Gasteiger partial charge in [0.1, 0.15) is 0 Å². The van der Waals surface area contributed by atoms with Crippen molar-refractivity contribution in [2.24, 2.45) is 0 Å². The smallest absolute Gasteiger partial charge is 0.243 e. The number of sulfonamides is 1. The standard InChI is InChI=1S/C13H18N2O4S/c1-2-14-6-8-15(9-7-14)20(18,19)12-5-3-4-11(10-12)13(16)17/h3-5,10H,2,6-9H2,1H3,(H,16,17). The van der Waals surface area contributed by atoms with Gasteiger partial charge in [-0.15, -0.1) is 0 Å². The van der Waals surface area contributed by atoms with Crippen molar-refractivity contribution < 1.29 is 23.2 Å². The molecule has 1 aromatic carbocycles. The monoisotopic (exact) mass is 298 g/mol. The van der Waals surface area contributed by atoms with Gasteiger partial charge in [-0.2, -0.15) is 4.31 Å². The third kappa shape index (κ3) is 3.00.